The molecule has 0 saturated heterocycles. The average Bonchev–Trinajstić information content (AvgIpc) is 4.09. The molecule has 0 unspecified atom stereocenters. The smallest absolute Gasteiger partial charge is 0.181 e. The van der Waals surface area contributed by atoms with Crippen molar-refractivity contribution in [1.29, 1.82) is 0 Å². The highest BCUT2D eigenvalue weighted by Crippen LogP contribution is 2.43. The lowest BCUT2D eigenvalue weighted by atomic mass is 10.1. The summed E-state index contributed by atoms with van der Waals surface area (Å²) in [5.74, 6) is 0. The second kappa shape index (κ2) is 16.1. The van der Waals surface area contributed by atoms with Gasteiger partial charge in [0.25, 0.3) is 0 Å². The van der Waals surface area contributed by atoms with Crippen LogP contribution in [0.1, 0.15) is 0 Å². The summed E-state index contributed by atoms with van der Waals surface area (Å²) in [6, 6.07) is 101. The van der Waals surface area contributed by atoms with Crippen molar-refractivity contribution in [2.24, 2.45) is 0 Å². The number of nitrogens with zero attached hydrogens (tertiary/aromatic N) is 3. The molecule has 3 nitrogen and oxygen atoms in total. The molecule has 0 radical (unpaired) electrons. The third-order valence-electron chi connectivity index (χ3n) is 14.8. The number of rotatable bonds is 8. The standard InChI is InChI=1S/C66H45N3Si/c1-5-22-46(23-6-1)47-42-44-48(45-43-47)67-60-38-21-39-61(64(60)56-34-19-40-62(65(56)67)68-57-35-16-13-30-52(57)53-31-14-17-36-58(53)68)69-59-37-18-15-32-54(59)55-33-20-41-63(66(55)69)70(49-24-7-2-8-25-49,50-26-9-3-10-27-50)51-28-11-4-12-29-51/h1-45H. The molecule has 0 saturated carbocycles. The zero-order valence-corrected chi connectivity index (χ0v) is 39.3. The van der Waals surface area contributed by atoms with E-state index >= 15 is 0 Å². The molecular formula is C66H45N3Si. The third-order valence-corrected chi connectivity index (χ3v) is 19.6. The van der Waals surface area contributed by atoms with E-state index in [1.54, 1.807) is 0 Å². The normalized spacial score (nSPS) is 12.0. The molecule has 328 valence electrons. The molecule has 0 N–H and O–H groups in total. The van der Waals surface area contributed by atoms with E-state index in [0.717, 1.165) is 28.1 Å². The van der Waals surface area contributed by atoms with E-state index in [1.165, 1.54) is 86.3 Å². The van der Waals surface area contributed by atoms with Crippen molar-refractivity contribution < 1.29 is 0 Å². The van der Waals surface area contributed by atoms with Gasteiger partial charge in [0.15, 0.2) is 8.07 Å². The zero-order valence-electron chi connectivity index (χ0n) is 38.3. The zero-order chi connectivity index (χ0) is 46.2. The first kappa shape index (κ1) is 40.1. The van der Waals surface area contributed by atoms with Crippen LogP contribution in [0.2, 0.25) is 0 Å². The van der Waals surface area contributed by atoms with Crippen LogP contribution in [0, 0.1) is 0 Å². The number of benzene rings is 11. The minimum atomic E-state index is -3.02. The van der Waals surface area contributed by atoms with Gasteiger partial charge in [0, 0.05) is 38.0 Å². The van der Waals surface area contributed by atoms with Crippen LogP contribution < -0.4 is 20.7 Å². The van der Waals surface area contributed by atoms with Crippen LogP contribution in [-0.4, -0.2) is 21.8 Å². The number of aromatic nitrogens is 3. The molecule has 11 aromatic carbocycles. The van der Waals surface area contributed by atoms with Gasteiger partial charge in [-0.3, -0.25) is 0 Å². The molecule has 0 bridgehead atoms. The molecule has 3 aromatic heterocycles. The van der Waals surface area contributed by atoms with E-state index in [2.05, 4.69) is 287 Å². The van der Waals surface area contributed by atoms with Crippen LogP contribution in [0.5, 0.6) is 0 Å². The molecule has 0 spiro atoms. The Labute approximate surface area is 407 Å². The highest BCUT2D eigenvalue weighted by atomic mass is 28.3. The Bertz CT molecular complexity index is 4110. The van der Waals surface area contributed by atoms with Gasteiger partial charge in [-0.2, -0.15) is 0 Å². The van der Waals surface area contributed by atoms with Gasteiger partial charge in [0.2, 0.25) is 0 Å². The molecule has 14 rings (SSSR count). The summed E-state index contributed by atoms with van der Waals surface area (Å²) in [5, 5.41) is 12.8. The van der Waals surface area contributed by atoms with E-state index in [4.69, 9.17) is 0 Å². The van der Waals surface area contributed by atoms with E-state index in [-0.39, 0.29) is 0 Å². The summed E-state index contributed by atoms with van der Waals surface area (Å²) in [6.45, 7) is 0. The molecule has 3 heterocycles. The first-order valence-corrected chi connectivity index (χ1v) is 26.2. The maximum absolute atomic E-state index is 3.02. The van der Waals surface area contributed by atoms with Crippen molar-refractivity contribution in [3.63, 3.8) is 0 Å². The van der Waals surface area contributed by atoms with Gasteiger partial charge in [-0.25, -0.2) is 0 Å². The minimum absolute atomic E-state index is 1.11. The molecule has 0 fully saturated rings. The Morgan fingerprint density at radius 3 is 1.24 bits per heavy atom. The van der Waals surface area contributed by atoms with Gasteiger partial charge in [-0.1, -0.05) is 224 Å². The summed E-state index contributed by atoms with van der Waals surface area (Å²) >= 11 is 0. The summed E-state index contributed by atoms with van der Waals surface area (Å²) < 4.78 is 7.63. The molecule has 70 heavy (non-hydrogen) atoms. The molecule has 0 aliphatic heterocycles. The molecule has 14 aromatic rings. The Kier molecular flexibility index (Phi) is 9.23. The fraction of sp³-hybridized carbons (Fsp3) is 0. The number of para-hydroxylation sites is 5. The van der Waals surface area contributed by atoms with E-state index in [9.17, 15) is 0 Å². The summed E-state index contributed by atoms with van der Waals surface area (Å²) in [7, 11) is -3.02. The van der Waals surface area contributed by atoms with Crippen molar-refractivity contribution in [3.05, 3.63) is 273 Å². The fourth-order valence-electron chi connectivity index (χ4n) is 11.9. The van der Waals surface area contributed by atoms with Crippen LogP contribution in [0.25, 0.3) is 93.6 Å². The number of hydrogen-bond donors (Lipinski definition) is 0. The average molecular weight is 908 g/mol. The van der Waals surface area contributed by atoms with Crippen molar-refractivity contribution in [1.82, 2.24) is 13.7 Å². The van der Waals surface area contributed by atoms with E-state index in [0.29, 0.717) is 0 Å². The second-order valence-corrected chi connectivity index (χ2v) is 22.1. The molecule has 0 aliphatic rings. The predicted molar refractivity (Wildman–Crippen MR) is 299 cm³/mol. The Balaban J connectivity index is 1.15. The Morgan fingerprint density at radius 1 is 0.243 bits per heavy atom. The van der Waals surface area contributed by atoms with Gasteiger partial charge in [-0.15, -0.1) is 0 Å². The van der Waals surface area contributed by atoms with Crippen LogP contribution in [0.4, 0.5) is 0 Å². The van der Waals surface area contributed by atoms with Gasteiger partial charge in [0.1, 0.15) is 0 Å². The number of fused-ring (bicyclic) bond motifs is 9. The highest BCUT2D eigenvalue weighted by molar-refractivity contribution is 7.20. The van der Waals surface area contributed by atoms with Gasteiger partial charge < -0.3 is 13.7 Å². The van der Waals surface area contributed by atoms with E-state index in [1.807, 2.05) is 0 Å². The largest absolute Gasteiger partial charge is 0.309 e. The van der Waals surface area contributed by atoms with Crippen molar-refractivity contribution in [2.75, 3.05) is 0 Å². The molecule has 0 atom stereocenters. The Hall–Kier alpha value is -8.96. The van der Waals surface area contributed by atoms with Crippen LogP contribution in [0.15, 0.2) is 273 Å². The van der Waals surface area contributed by atoms with Crippen LogP contribution in [-0.2, 0) is 0 Å². The summed E-state index contributed by atoms with van der Waals surface area (Å²) in [5.41, 5.74) is 12.9. The van der Waals surface area contributed by atoms with E-state index < -0.39 is 8.07 Å². The predicted octanol–water partition coefficient (Wildman–Crippen LogP) is 14.0. The molecular weight excluding hydrogens is 863 g/mol. The molecule has 0 aliphatic carbocycles. The SMILES string of the molecule is c1ccc(-c2ccc(-n3c4cccc(-n5c6ccccc6c6cccc([Si](c7ccccc7)(c7ccccc7)c7ccccc7)c65)c4c4cccc(-n5c6ccccc6c6ccccc65)c43)cc2)cc1. The quantitative estimate of drug-likeness (QED) is 0.107. The van der Waals surface area contributed by atoms with Gasteiger partial charge in [0.05, 0.1) is 44.5 Å². The van der Waals surface area contributed by atoms with Crippen molar-refractivity contribution in [3.8, 4) is 28.2 Å². The van der Waals surface area contributed by atoms with Crippen molar-refractivity contribution in [2.45, 2.75) is 0 Å². The molecule has 0 amide bonds. The first-order valence-electron chi connectivity index (χ1n) is 24.2. The topological polar surface area (TPSA) is 14.8 Å². The minimum Gasteiger partial charge on any atom is -0.309 e. The highest BCUT2D eigenvalue weighted by Gasteiger charge is 2.43. The fourth-order valence-corrected chi connectivity index (χ4v) is 16.9. The lowest BCUT2D eigenvalue weighted by Gasteiger charge is -2.35. The third kappa shape index (κ3) is 5.87. The van der Waals surface area contributed by atoms with Crippen LogP contribution in [0.3, 0.4) is 0 Å². The lowest BCUT2D eigenvalue weighted by molar-refractivity contribution is 1.13. The van der Waals surface area contributed by atoms with Crippen LogP contribution >= 0.6 is 0 Å². The first-order chi connectivity index (χ1) is 34.8. The lowest BCUT2D eigenvalue weighted by Crippen LogP contribution is -2.75. The monoisotopic (exact) mass is 907 g/mol. The maximum Gasteiger partial charge on any atom is 0.181 e. The molecule has 4 heteroatoms. The summed E-state index contributed by atoms with van der Waals surface area (Å²) in [4.78, 5) is 0. The van der Waals surface area contributed by atoms with Crippen molar-refractivity contribution >= 4 is 94.2 Å². The van der Waals surface area contributed by atoms with Gasteiger partial charge in [-0.05, 0) is 80.4 Å². The van der Waals surface area contributed by atoms with Gasteiger partial charge >= 0.3 is 0 Å². The Morgan fingerprint density at radius 2 is 0.657 bits per heavy atom. The number of hydrogen-bond acceptors (Lipinski definition) is 0. The summed E-state index contributed by atoms with van der Waals surface area (Å²) in [6.07, 6.45) is 0. The maximum atomic E-state index is 2.62. The second-order valence-electron chi connectivity index (χ2n) is 18.4.